The van der Waals surface area contributed by atoms with Crippen molar-refractivity contribution in [1.29, 1.82) is 0 Å². The molecule has 0 bridgehead atoms. The summed E-state index contributed by atoms with van der Waals surface area (Å²) < 4.78 is 5.15. The summed E-state index contributed by atoms with van der Waals surface area (Å²) in [6.07, 6.45) is 4.27. The zero-order valence-corrected chi connectivity index (χ0v) is 13.9. The van der Waals surface area contributed by atoms with Crippen LogP contribution in [0.3, 0.4) is 0 Å². The Morgan fingerprint density at radius 1 is 1.00 bits per heavy atom. The minimum Gasteiger partial charge on any atom is -0.445 e. The van der Waals surface area contributed by atoms with Gasteiger partial charge in [-0.25, -0.2) is 9.78 Å². The number of para-hydroxylation sites is 1. The zero-order chi connectivity index (χ0) is 17.3. The third-order valence-electron chi connectivity index (χ3n) is 3.70. The van der Waals surface area contributed by atoms with E-state index in [0.717, 1.165) is 28.6 Å². The molecular weight excluding hydrogens is 312 g/mol. The van der Waals surface area contributed by atoms with Gasteiger partial charge < -0.3 is 10.1 Å². The largest absolute Gasteiger partial charge is 0.445 e. The van der Waals surface area contributed by atoms with Gasteiger partial charge in [-0.05, 0) is 30.2 Å². The Labute approximate surface area is 147 Å². The Hall–Kier alpha value is -3.14. The first-order valence-corrected chi connectivity index (χ1v) is 8.28. The summed E-state index contributed by atoms with van der Waals surface area (Å²) >= 11 is 0. The average molecular weight is 332 g/mol. The topological polar surface area (TPSA) is 51.2 Å². The van der Waals surface area contributed by atoms with Crippen molar-refractivity contribution < 1.29 is 9.53 Å². The normalized spacial score (nSPS) is 10.9. The Balaban J connectivity index is 1.39. The molecule has 4 heteroatoms. The molecule has 0 saturated heterocycles. The van der Waals surface area contributed by atoms with Crippen LogP contribution in [0.2, 0.25) is 0 Å². The molecule has 0 aliphatic carbocycles. The SMILES string of the molecule is O=C(NCCC=Cc1ccc2ccccc2n1)OCc1ccccc1. The summed E-state index contributed by atoms with van der Waals surface area (Å²) in [7, 11) is 0. The molecule has 2 aromatic carbocycles. The first-order valence-electron chi connectivity index (χ1n) is 8.28. The van der Waals surface area contributed by atoms with Crippen LogP contribution < -0.4 is 5.32 Å². The number of ether oxygens (including phenoxy) is 1. The molecule has 1 aromatic heterocycles. The highest BCUT2D eigenvalue weighted by atomic mass is 16.5. The summed E-state index contributed by atoms with van der Waals surface area (Å²) in [6.45, 7) is 0.807. The first kappa shape index (κ1) is 16.7. The summed E-state index contributed by atoms with van der Waals surface area (Å²) in [5.74, 6) is 0. The average Bonchev–Trinajstić information content (AvgIpc) is 2.67. The Morgan fingerprint density at radius 2 is 1.80 bits per heavy atom. The number of nitrogens with zero attached hydrogens (tertiary/aromatic N) is 1. The number of pyridine rings is 1. The Bertz CT molecular complexity index is 860. The van der Waals surface area contributed by atoms with Gasteiger partial charge in [-0.3, -0.25) is 0 Å². The molecule has 0 saturated carbocycles. The number of benzene rings is 2. The smallest absolute Gasteiger partial charge is 0.407 e. The van der Waals surface area contributed by atoms with Gasteiger partial charge in [-0.15, -0.1) is 0 Å². The maximum Gasteiger partial charge on any atom is 0.407 e. The fourth-order valence-electron chi connectivity index (χ4n) is 2.41. The van der Waals surface area contributed by atoms with E-state index in [1.54, 1.807) is 0 Å². The molecule has 1 amide bonds. The minimum atomic E-state index is -0.402. The number of alkyl carbamates (subject to hydrolysis) is 1. The Kier molecular flexibility index (Phi) is 5.77. The Morgan fingerprint density at radius 3 is 2.68 bits per heavy atom. The standard InChI is InChI=1S/C21H20N2O2/c24-21(25-16-17-8-2-1-3-9-17)22-15-7-6-11-19-14-13-18-10-4-5-12-20(18)23-19/h1-6,8-14H,7,15-16H2,(H,22,24). The number of nitrogens with one attached hydrogen (secondary N) is 1. The van der Waals surface area contributed by atoms with Gasteiger partial charge in [0.15, 0.2) is 0 Å². The maximum absolute atomic E-state index is 11.6. The fraction of sp³-hybridized carbons (Fsp3) is 0.143. The van der Waals surface area contributed by atoms with E-state index in [1.165, 1.54) is 0 Å². The van der Waals surface area contributed by atoms with Gasteiger partial charge in [0.1, 0.15) is 6.61 Å². The predicted octanol–water partition coefficient (Wildman–Crippen LogP) is 4.56. The third kappa shape index (κ3) is 5.18. The molecule has 0 unspecified atom stereocenters. The molecule has 0 radical (unpaired) electrons. The number of hydrogen-bond acceptors (Lipinski definition) is 3. The maximum atomic E-state index is 11.6. The second kappa shape index (κ2) is 8.64. The van der Waals surface area contributed by atoms with Gasteiger partial charge in [0.25, 0.3) is 0 Å². The quantitative estimate of drug-likeness (QED) is 0.673. The number of rotatable bonds is 6. The van der Waals surface area contributed by atoms with Crippen LogP contribution in [0.1, 0.15) is 17.7 Å². The highest BCUT2D eigenvalue weighted by Gasteiger charge is 2.00. The molecular formula is C21H20N2O2. The third-order valence-corrected chi connectivity index (χ3v) is 3.70. The van der Waals surface area contributed by atoms with Crippen LogP contribution in [0, 0.1) is 0 Å². The number of hydrogen-bond donors (Lipinski definition) is 1. The molecule has 0 aliphatic rings. The van der Waals surface area contributed by atoms with Crippen LogP contribution in [0.15, 0.2) is 72.8 Å². The summed E-state index contributed by atoms with van der Waals surface area (Å²) in [4.78, 5) is 16.2. The summed E-state index contributed by atoms with van der Waals surface area (Å²) in [5.41, 5.74) is 2.86. The van der Waals surface area contributed by atoms with Gasteiger partial charge in [-0.1, -0.05) is 60.7 Å². The van der Waals surface area contributed by atoms with Crippen LogP contribution in [0.5, 0.6) is 0 Å². The van der Waals surface area contributed by atoms with E-state index in [4.69, 9.17) is 4.74 Å². The molecule has 0 spiro atoms. The van der Waals surface area contributed by atoms with Crippen molar-refractivity contribution in [2.24, 2.45) is 0 Å². The van der Waals surface area contributed by atoms with Crippen LogP contribution >= 0.6 is 0 Å². The van der Waals surface area contributed by atoms with Gasteiger partial charge in [0.2, 0.25) is 0 Å². The van der Waals surface area contributed by atoms with Crippen LogP contribution in [-0.4, -0.2) is 17.6 Å². The summed E-state index contributed by atoms with van der Waals surface area (Å²) in [5, 5.41) is 3.86. The molecule has 1 N–H and O–H groups in total. The number of fused-ring (bicyclic) bond motifs is 1. The minimum absolute atomic E-state index is 0.281. The zero-order valence-electron chi connectivity index (χ0n) is 13.9. The number of carbonyl (C=O) groups excluding carboxylic acids is 1. The van der Waals surface area contributed by atoms with Crippen molar-refractivity contribution in [2.45, 2.75) is 13.0 Å². The summed E-state index contributed by atoms with van der Waals surface area (Å²) in [6, 6.07) is 21.7. The fourth-order valence-corrected chi connectivity index (χ4v) is 2.41. The molecule has 0 atom stereocenters. The lowest BCUT2D eigenvalue weighted by atomic mass is 10.2. The molecule has 0 aliphatic heterocycles. The van der Waals surface area contributed by atoms with E-state index in [2.05, 4.69) is 16.4 Å². The molecule has 4 nitrogen and oxygen atoms in total. The van der Waals surface area contributed by atoms with Gasteiger partial charge in [-0.2, -0.15) is 0 Å². The van der Waals surface area contributed by atoms with Crippen molar-refractivity contribution in [3.63, 3.8) is 0 Å². The number of carbonyl (C=O) groups is 1. The van der Waals surface area contributed by atoms with Crippen molar-refractivity contribution in [3.8, 4) is 0 Å². The molecule has 0 fully saturated rings. The lowest BCUT2D eigenvalue weighted by Gasteiger charge is -2.05. The lowest BCUT2D eigenvalue weighted by Crippen LogP contribution is -2.24. The van der Waals surface area contributed by atoms with Crippen LogP contribution in [0.4, 0.5) is 4.79 Å². The predicted molar refractivity (Wildman–Crippen MR) is 100 cm³/mol. The van der Waals surface area contributed by atoms with Crippen molar-refractivity contribution in [1.82, 2.24) is 10.3 Å². The number of amides is 1. The lowest BCUT2D eigenvalue weighted by molar-refractivity contribution is 0.140. The van der Waals surface area contributed by atoms with Crippen molar-refractivity contribution >= 4 is 23.1 Å². The second-order valence-corrected chi connectivity index (χ2v) is 5.61. The monoisotopic (exact) mass is 332 g/mol. The highest BCUT2D eigenvalue weighted by molar-refractivity contribution is 5.79. The van der Waals surface area contributed by atoms with E-state index >= 15 is 0 Å². The molecule has 3 aromatic rings. The molecule has 126 valence electrons. The van der Waals surface area contributed by atoms with E-state index in [-0.39, 0.29) is 6.61 Å². The molecule has 25 heavy (non-hydrogen) atoms. The van der Waals surface area contributed by atoms with E-state index in [1.807, 2.05) is 72.8 Å². The first-order chi connectivity index (χ1) is 12.3. The van der Waals surface area contributed by atoms with Crippen LogP contribution in [0.25, 0.3) is 17.0 Å². The highest BCUT2D eigenvalue weighted by Crippen LogP contribution is 2.12. The van der Waals surface area contributed by atoms with E-state index in [0.29, 0.717) is 6.54 Å². The van der Waals surface area contributed by atoms with Crippen LogP contribution in [-0.2, 0) is 11.3 Å². The van der Waals surface area contributed by atoms with E-state index in [9.17, 15) is 4.79 Å². The number of aromatic nitrogens is 1. The van der Waals surface area contributed by atoms with Gasteiger partial charge >= 0.3 is 6.09 Å². The molecule has 1 heterocycles. The molecule has 3 rings (SSSR count). The second-order valence-electron chi connectivity index (χ2n) is 5.61. The van der Waals surface area contributed by atoms with Gasteiger partial charge in [0, 0.05) is 11.9 Å². The van der Waals surface area contributed by atoms with Crippen molar-refractivity contribution in [2.75, 3.05) is 6.54 Å². The van der Waals surface area contributed by atoms with Crippen molar-refractivity contribution in [3.05, 3.63) is 84.1 Å². The van der Waals surface area contributed by atoms with E-state index < -0.39 is 6.09 Å². The van der Waals surface area contributed by atoms with Gasteiger partial charge in [0.05, 0.1) is 11.2 Å².